The Hall–Kier alpha value is -2.61. The number of rotatable bonds is 6. The molecule has 1 atom stereocenters. The summed E-state index contributed by atoms with van der Waals surface area (Å²) >= 11 is 0.838. The predicted octanol–water partition coefficient (Wildman–Crippen LogP) is 2.05. The van der Waals surface area contributed by atoms with Gasteiger partial charge in [-0.3, -0.25) is 19.3 Å². The fourth-order valence-corrected chi connectivity index (χ4v) is 3.11. The van der Waals surface area contributed by atoms with Crippen LogP contribution in [0.25, 0.3) is 0 Å². The zero-order valence-corrected chi connectivity index (χ0v) is 13.8. The first-order valence-corrected chi connectivity index (χ1v) is 7.95. The highest BCUT2D eigenvalue weighted by atomic mass is 32.2. The molecule has 1 unspecified atom stereocenters. The highest BCUT2D eigenvalue weighted by Gasteiger charge is 2.39. The number of benzene rings is 1. The fraction of sp³-hybridized carbons (Fsp3) is 0.250. The molecule has 1 aliphatic heterocycles. The van der Waals surface area contributed by atoms with Gasteiger partial charge >= 0.3 is 5.97 Å². The van der Waals surface area contributed by atoms with E-state index >= 15 is 0 Å². The van der Waals surface area contributed by atoms with Gasteiger partial charge < -0.3 is 10.1 Å². The number of ether oxygens (including phenoxy) is 1. The number of carbonyl (C=O) groups is 4. The summed E-state index contributed by atoms with van der Waals surface area (Å²) in [6.07, 6.45) is 1.35. The summed E-state index contributed by atoms with van der Waals surface area (Å²) in [4.78, 5) is 48.2. The Balaban J connectivity index is 1.94. The Bertz CT molecular complexity index is 686. The van der Waals surface area contributed by atoms with Crippen molar-refractivity contribution >= 4 is 40.5 Å². The number of anilines is 1. The number of hydrogen-bond acceptors (Lipinski definition) is 6. The molecule has 126 valence electrons. The molecule has 1 aromatic carbocycles. The predicted molar refractivity (Wildman–Crippen MR) is 89.7 cm³/mol. The van der Waals surface area contributed by atoms with Crippen LogP contribution in [0.5, 0.6) is 0 Å². The standard InChI is InChI=1S/C16H16N2O5S/c1-3-8-18-14(20)12(24-16(18)22)9-13(19)17-11-6-4-10(5-7-11)15(21)23-2/h3-7,12H,1,8-9H2,2H3,(H,17,19). The summed E-state index contributed by atoms with van der Waals surface area (Å²) in [5, 5.41) is 1.52. The van der Waals surface area contributed by atoms with E-state index < -0.39 is 11.2 Å². The third-order valence-electron chi connectivity index (χ3n) is 3.28. The number of thioether (sulfide) groups is 1. The van der Waals surface area contributed by atoms with Crippen LogP contribution in [0.15, 0.2) is 36.9 Å². The van der Waals surface area contributed by atoms with Gasteiger partial charge in [0, 0.05) is 18.7 Å². The van der Waals surface area contributed by atoms with Gasteiger partial charge in [0.2, 0.25) is 11.8 Å². The van der Waals surface area contributed by atoms with Crippen molar-refractivity contribution < 1.29 is 23.9 Å². The fourth-order valence-electron chi connectivity index (χ4n) is 2.11. The second kappa shape index (κ2) is 7.78. The van der Waals surface area contributed by atoms with Gasteiger partial charge in [-0.25, -0.2) is 4.79 Å². The molecule has 0 bridgehead atoms. The maximum Gasteiger partial charge on any atom is 0.337 e. The number of hydrogen-bond donors (Lipinski definition) is 1. The van der Waals surface area contributed by atoms with Crippen LogP contribution in [-0.4, -0.2) is 46.8 Å². The molecule has 0 saturated carbocycles. The third kappa shape index (κ3) is 4.02. The third-order valence-corrected chi connectivity index (χ3v) is 4.35. The molecular weight excluding hydrogens is 332 g/mol. The van der Waals surface area contributed by atoms with Gasteiger partial charge in [-0.15, -0.1) is 6.58 Å². The van der Waals surface area contributed by atoms with Crippen molar-refractivity contribution in [3.63, 3.8) is 0 Å². The van der Waals surface area contributed by atoms with Crippen LogP contribution in [0.3, 0.4) is 0 Å². The number of imide groups is 1. The molecule has 1 heterocycles. The Labute approximate surface area is 143 Å². The number of carbonyl (C=O) groups excluding carboxylic acids is 4. The number of nitrogens with zero attached hydrogens (tertiary/aromatic N) is 1. The Morgan fingerprint density at radius 3 is 2.58 bits per heavy atom. The molecule has 2 rings (SSSR count). The van der Waals surface area contributed by atoms with Crippen molar-refractivity contribution in [3.8, 4) is 0 Å². The zero-order valence-electron chi connectivity index (χ0n) is 13.0. The average molecular weight is 348 g/mol. The first kappa shape index (κ1) is 17.7. The van der Waals surface area contributed by atoms with E-state index in [1.165, 1.54) is 25.3 Å². The Kier molecular flexibility index (Phi) is 5.75. The Morgan fingerprint density at radius 2 is 2.00 bits per heavy atom. The van der Waals surface area contributed by atoms with Gasteiger partial charge in [0.05, 0.1) is 12.7 Å². The Morgan fingerprint density at radius 1 is 1.33 bits per heavy atom. The second-order valence-corrected chi connectivity index (χ2v) is 6.09. The van der Waals surface area contributed by atoms with E-state index in [2.05, 4.69) is 16.6 Å². The lowest BCUT2D eigenvalue weighted by molar-refractivity contribution is -0.128. The first-order chi connectivity index (χ1) is 11.5. The normalized spacial score (nSPS) is 16.9. The van der Waals surface area contributed by atoms with E-state index in [0.29, 0.717) is 11.3 Å². The van der Waals surface area contributed by atoms with Crippen LogP contribution in [0.4, 0.5) is 10.5 Å². The maximum atomic E-state index is 12.1. The first-order valence-electron chi connectivity index (χ1n) is 7.07. The molecule has 8 heteroatoms. The van der Waals surface area contributed by atoms with Crippen molar-refractivity contribution in [2.45, 2.75) is 11.7 Å². The highest BCUT2D eigenvalue weighted by molar-refractivity contribution is 8.15. The molecule has 1 aliphatic rings. The van der Waals surface area contributed by atoms with Crippen LogP contribution in [0.1, 0.15) is 16.8 Å². The van der Waals surface area contributed by atoms with Crippen LogP contribution >= 0.6 is 11.8 Å². The van der Waals surface area contributed by atoms with Crippen molar-refractivity contribution in [1.29, 1.82) is 0 Å². The second-order valence-electron chi connectivity index (χ2n) is 4.93. The largest absolute Gasteiger partial charge is 0.465 e. The molecule has 0 spiro atoms. The van der Waals surface area contributed by atoms with Crippen molar-refractivity contribution in [2.24, 2.45) is 0 Å². The van der Waals surface area contributed by atoms with E-state index in [4.69, 9.17) is 0 Å². The zero-order chi connectivity index (χ0) is 17.7. The minimum absolute atomic E-state index is 0.109. The highest BCUT2D eigenvalue weighted by Crippen LogP contribution is 2.29. The van der Waals surface area contributed by atoms with Gasteiger partial charge in [0.1, 0.15) is 5.25 Å². The lowest BCUT2D eigenvalue weighted by Gasteiger charge is -2.11. The molecule has 1 aromatic rings. The topological polar surface area (TPSA) is 92.8 Å². The van der Waals surface area contributed by atoms with Gasteiger partial charge in [-0.2, -0.15) is 0 Å². The van der Waals surface area contributed by atoms with Crippen LogP contribution in [-0.2, 0) is 14.3 Å². The lowest BCUT2D eigenvalue weighted by atomic mass is 10.2. The number of nitrogens with one attached hydrogen (secondary N) is 1. The van der Waals surface area contributed by atoms with Crippen LogP contribution in [0, 0.1) is 0 Å². The quantitative estimate of drug-likeness (QED) is 0.625. The molecule has 1 saturated heterocycles. The van der Waals surface area contributed by atoms with Gasteiger partial charge in [-0.05, 0) is 24.3 Å². The summed E-state index contributed by atoms with van der Waals surface area (Å²) in [6.45, 7) is 3.63. The van der Waals surface area contributed by atoms with E-state index in [0.717, 1.165) is 16.7 Å². The molecule has 24 heavy (non-hydrogen) atoms. The minimum Gasteiger partial charge on any atom is -0.465 e. The van der Waals surface area contributed by atoms with E-state index in [-0.39, 0.29) is 30.0 Å². The summed E-state index contributed by atoms with van der Waals surface area (Å²) in [6, 6.07) is 6.16. The van der Waals surface area contributed by atoms with E-state index in [1.54, 1.807) is 12.1 Å². The summed E-state index contributed by atoms with van der Waals surface area (Å²) in [7, 11) is 1.28. The van der Waals surface area contributed by atoms with E-state index in [9.17, 15) is 19.2 Å². The molecular formula is C16H16N2O5S. The van der Waals surface area contributed by atoms with Gasteiger partial charge in [-0.1, -0.05) is 17.8 Å². The van der Waals surface area contributed by atoms with Crippen LogP contribution < -0.4 is 5.32 Å². The molecule has 1 N–H and O–H groups in total. The molecule has 0 aromatic heterocycles. The number of methoxy groups -OCH3 is 1. The van der Waals surface area contributed by atoms with Crippen molar-refractivity contribution in [1.82, 2.24) is 4.90 Å². The summed E-state index contributed by atoms with van der Waals surface area (Å²) < 4.78 is 4.59. The van der Waals surface area contributed by atoms with Crippen molar-refractivity contribution in [3.05, 3.63) is 42.5 Å². The monoisotopic (exact) mass is 348 g/mol. The number of amides is 3. The molecule has 0 aliphatic carbocycles. The van der Waals surface area contributed by atoms with Gasteiger partial charge in [0.15, 0.2) is 0 Å². The molecule has 7 nitrogen and oxygen atoms in total. The summed E-state index contributed by atoms with van der Waals surface area (Å²) in [5.41, 5.74) is 0.847. The van der Waals surface area contributed by atoms with E-state index in [1.807, 2.05) is 0 Å². The lowest BCUT2D eigenvalue weighted by Crippen LogP contribution is -2.33. The molecule has 3 amide bonds. The van der Waals surface area contributed by atoms with Gasteiger partial charge in [0.25, 0.3) is 5.24 Å². The van der Waals surface area contributed by atoms with Crippen molar-refractivity contribution in [2.75, 3.05) is 19.0 Å². The average Bonchev–Trinajstić information content (AvgIpc) is 2.82. The molecule has 0 radical (unpaired) electrons. The summed E-state index contributed by atoms with van der Waals surface area (Å²) in [5.74, 6) is -1.25. The SMILES string of the molecule is C=CCN1C(=O)SC(CC(=O)Nc2ccc(C(=O)OC)cc2)C1=O. The maximum absolute atomic E-state index is 12.1. The molecule has 1 fully saturated rings. The number of esters is 1. The minimum atomic E-state index is -0.730. The smallest absolute Gasteiger partial charge is 0.337 e. The van der Waals surface area contributed by atoms with Crippen LogP contribution in [0.2, 0.25) is 0 Å².